The summed E-state index contributed by atoms with van der Waals surface area (Å²) in [6, 6.07) is 5.62. The van der Waals surface area contributed by atoms with E-state index in [2.05, 4.69) is 0 Å². The van der Waals surface area contributed by atoms with Crippen molar-refractivity contribution in [3.05, 3.63) is 61.8 Å². The lowest BCUT2D eigenvalue weighted by atomic mass is 9.81. The third kappa shape index (κ3) is 5.12. The van der Waals surface area contributed by atoms with Gasteiger partial charge in [0.2, 0.25) is 5.03 Å². The molecule has 2 rings (SSSR count). The average Bonchev–Trinajstić information content (AvgIpc) is 2.75. The maximum Gasteiger partial charge on any atom is 0.341 e. The van der Waals surface area contributed by atoms with Crippen molar-refractivity contribution in [2.75, 3.05) is 32.6 Å². The number of non-ortho nitro benzene ring substituents is 1. The number of allylic oxidation sites excluding steroid dienone is 1. The summed E-state index contributed by atoms with van der Waals surface area (Å²) in [5, 5.41) is 11.5. The summed E-state index contributed by atoms with van der Waals surface area (Å²) in [5.74, 6) is -2.45. The van der Waals surface area contributed by atoms with Gasteiger partial charge in [0.25, 0.3) is 5.69 Å². The number of rotatable bonds is 9. The monoisotopic (exact) mass is 465 g/mol. The second-order valence-corrected chi connectivity index (χ2v) is 8.33. The van der Waals surface area contributed by atoms with Gasteiger partial charge < -0.3 is 24.7 Å². The number of carbonyl (C=O) groups is 2. The zero-order valence-corrected chi connectivity index (χ0v) is 19.3. The maximum atomic E-state index is 13.1. The van der Waals surface area contributed by atoms with Crippen LogP contribution in [0.3, 0.4) is 0 Å². The molecule has 2 unspecified atom stereocenters. The van der Waals surface area contributed by atoms with Crippen LogP contribution < -0.4 is 5.73 Å². The Morgan fingerprint density at radius 2 is 1.78 bits per heavy atom. The molecule has 1 aromatic rings. The third-order valence-corrected chi connectivity index (χ3v) is 6.46. The molecule has 1 aliphatic heterocycles. The summed E-state index contributed by atoms with van der Waals surface area (Å²) in [5.41, 5.74) is 6.19. The zero-order chi connectivity index (χ0) is 24.0. The van der Waals surface area contributed by atoms with E-state index in [0.717, 1.165) is 0 Å². The summed E-state index contributed by atoms with van der Waals surface area (Å²) in [7, 11) is 1.58. The molecule has 0 bridgehead atoms. The first-order valence-electron chi connectivity index (χ1n) is 10.0. The van der Waals surface area contributed by atoms with E-state index in [4.69, 9.17) is 15.2 Å². The zero-order valence-electron chi connectivity index (χ0n) is 18.5. The van der Waals surface area contributed by atoms with E-state index in [1.54, 1.807) is 33.9 Å². The second-order valence-electron chi connectivity index (χ2n) is 6.84. The van der Waals surface area contributed by atoms with Crippen molar-refractivity contribution in [2.24, 2.45) is 5.73 Å². The fourth-order valence-electron chi connectivity index (χ4n) is 3.51. The van der Waals surface area contributed by atoms with Crippen LogP contribution in [0.25, 0.3) is 0 Å². The van der Waals surface area contributed by atoms with E-state index in [1.807, 2.05) is 0 Å². The molecular weight excluding hydrogens is 438 g/mol. The van der Waals surface area contributed by atoms with E-state index >= 15 is 0 Å². The standard InChI is InChI=1S/C21H27N3O7S/c1-5-30-20(25)16-13(3)23(4)19(32(29)11-10-22)18(21(26)31-6-2)17(16)14-8-7-9-15(12-14)24(27)28/h7-9,12,17H,5-6,10-11,22H2,1-4H3. The summed E-state index contributed by atoms with van der Waals surface area (Å²) in [6.45, 7) is 5.14. The number of hydrogen-bond acceptors (Lipinski definition) is 9. The fourth-order valence-corrected chi connectivity index (χ4v) is 4.81. The number of nitrogens with zero attached hydrogens (tertiary/aromatic N) is 2. The normalized spacial score (nSPS) is 17.3. The molecule has 0 saturated heterocycles. The number of esters is 2. The van der Waals surface area contributed by atoms with E-state index in [1.165, 1.54) is 23.1 Å². The molecule has 1 heterocycles. The SMILES string of the molecule is CCOC(=O)C1=C(C)N(C)C([S+]([O-])CCN)=C(C(=O)OCC)C1c1cccc([N+](=O)[O-])c1. The van der Waals surface area contributed by atoms with Crippen molar-refractivity contribution in [3.63, 3.8) is 0 Å². The predicted octanol–water partition coefficient (Wildman–Crippen LogP) is 1.94. The van der Waals surface area contributed by atoms with Gasteiger partial charge in [-0.1, -0.05) is 12.1 Å². The Bertz CT molecular complexity index is 960. The van der Waals surface area contributed by atoms with Crippen LogP contribution >= 0.6 is 0 Å². The van der Waals surface area contributed by atoms with Gasteiger partial charge in [-0.3, -0.25) is 10.1 Å². The van der Waals surface area contributed by atoms with Gasteiger partial charge in [0.15, 0.2) is 0 Å². The van der Waals surface area contributed by atoms with Crippen LogP contribution in [0.2, 0.25) is 0 Å². The highest BCUT2D eigenvalue weighted by atomic mass is 32.2. The molecule has 0 aliphatic carbocycles. The Hall–Kier alpha value is -2.89. The van der Waals surface area contributed by atoms with Gasteiger partial charge in [-0.2, -0.15) is 0 Å². The Kier molecular flexibility index (Phi) is 8.81. The average molecular weight is 466 g/mol. The Balaban J connectivity index is 2.88. The minimum atomic E-state index is -1.69. The van der Waals surface area contributed by atoms with Crippen molar-refractivity contribution in [1.29, 1.82) is 0 Å². The first-order valence-corrected chi connectivity index (χ1v) is 11.4. The molecule has 32 heavy (non-hydrogen) atoms. The number of nitro benzene ring substituents is 1. The smallest absolute Gasteiger partial charge is 0.341 e. The van der Waals surface area contributed by atoms with Crippen molar-refractivity contribution in [1.82, 2.24) is 4.90 Å². The molecule has 0 spiro atoms. The number of carbonyl (C=O) groups excluding carboxylic acids is 2. The van der Waals surface area contributed by atoms with Gasteiger partial charge in [-0.25, -0.2) is 9.59 Å². The van der Waals surface area contributed by atoms with Crippen molar-refractivity contribution < 1.29 is 28.5 Å². The van der Waals surface area contributed by atoms with E-state index in [-0.39, 0.29) is 47.4 Å². The van der Waals surface area contributed by atoms with Crippen molar-refractivity contribution in [3.8, 4) is 0 Å². The molecule has 0 radical (unpaired) electrons. The maximum absolute atomic E-state index is 13.1. The first-order chi connectivity index (χ1) is 15.2. The number of nitrogens with two attached hydrogens (primary N) is 1. The summed E-state index contributed by atoms with van der Waals surface area (Å²) >= 11 is -1.69. The van der Waals surface area contributed by atoms with Crippen LogP contribution in [0.4, 0.5) is 5.69 Å². The molecule has 11 heteroatoms. The molecule has 10 nitrogen and oxygen atoms in total. The summed E-state index contributed by atoms with van der Waals surface area (Å²) < 4.78 is 23.6. The molecule has 2 N–H and O–H groups in total. The molecule has 0 aromatic heterocycles. The Morgan fingerprint density at radius 3 is 2.31 bits per heavy atom. The molecule has 0 fully saturated rings. The minimum absolute atomic E-state index is 0.0321. The van der Waals surface area contributed by atoms with Crippen LogP contribution in [0.1, 0.15) is 32.3 Å². The number of nitro groups is 1. The molecule has 1 aromatic carbocycles. The number of benzene rings is 1. The lowest BCUT2D eigenvalue weighted by molar-refractivity contribution is -0.384. The van der Waals surface area contributed by atoms with Crippen LogP contribution in [0.15, 0.2) is 46.1 Å². The largest absolute Gasteiger partial charge is 0.610 e. The summed E-state index contributed by atoms with van der Waals surface area (Å²) in [6.07, 6.45) is 0. The minimum Gasteiger partial charge on any atom is -0.610 e. The topological polar surface area (TPSA) is 148 Å². The fraction of sp³-hybridized carbons (Fsp3) is 0.429. The molecule has 0 saturated carbocycles. The Morgan fingerprint density at radius 1 is 1.19 bits per heavy atom. The second kappa shape index (κ2) is 11.1. The van der Waals surface area contributed by atoms with Crippen LogP contribution in [-0.4, -0.2) is 58.9 Å². The van der Waals surface area contributed by atoms with Gasteiger partial charge >= 0.3 is 11.9 Å². The summed E-state index contributed by atoms with van der Waals surface area (Å²) in [4.78, 5) is 38.4. The van der Waals surface area contributed by atoms with Gasteiger partial charge in [0.05, 0.1) is 29.6 Å². The quantitative estimate of drug-likeness (QED) is 0.250. The molecule has 0 amide bonds. The Labute approximate surface area is 189 Å². The highest BCUT2D eigenvalue weighted by molar-refractivity contribution is 7.95. The van der Waals surface area contributed by atoms with Crippen LogP contribution in [-0.2, 0) is 30.2 Å². The van der Waals surface area contributed by atoms with E-state index in [9.17, 15) is 24.3 Å². The van der Waals surface area contributed by atoms with Gasteiger partial charge in [-0.15, -0.1) is 0 Å². The van der Waals surface area contributed by atoms with E-state index in [0.29, 0.717) is 11.3 Å². The third-order valence-electron chi connectivity index (χ3n) is 4.93. The van der Waals surface area contributed by atoms with Gasteiger partial charge in [0.1, 0.15) is 11.3 Å². The van der Waals surface area contributed by atoms with Crippen LogP contribution in [0.5, 0.6) is 0 Å². The van der Waals surface area contributed by atoms with Crippen LogP contribution in [0, 0.1) is 10.1 Å². The number of ether oxygens (including phenoxy) is 2. The van der Waals surface area contributed by atoms with Gasteiger partial charge in [-0.05, 0) is 26.3 Å². The van der Waals surface area contributed by atoms with Crippen molar-refractivity contribution >= 4 is 28.8 Å². The predicted molar refractivity (Wildman–Crippen MR) is 119 cm³/mol. The highest BCUT2D eigenvalue weighted by Crippen LogP contribution is 2.44. The highest BCUT2D eigenvalue weighted by Gasteiger charge is 2.45. The number of hydrogen-bond donors (Lipinski definition) is 1. The van der Waals surface area contributed by atoms with Crippen molar-refractivity contribution in [2.45, 2.75) is 26.7 Å². The lowest BCUT2D eigenvalue weighted by Crippen LogP contribution is -2.38. The van der Waals surface area contributed by atoms with Gasteiger partial charge in [0, 0.05) is 42.6 Å². The first kappa shape index (κ1) is 25.4. The van der Waals surface area contributed by atoms with E-state index < -0.39 is 34.0 Å². The lowest BCUT2D eigenvalue weighted by Gasteiger charge is -2.35. The molecule has 2 atom stereocenters. The molecule has 174 valence electrons. The molecular formula is C21H27N3O7S. The molecule has 1 aliphatic rings.